The highest BCUT2D eigenvalue weighted by molar-refractivity contribution is 8.45. The molecule has 2 bridgehead atoms. The van der Waals surface area contributed by atoms with E-state index in [1.54, 1.807) is 0 Å². The first-order chi connectivity index (χ1) is 21.5. The largest absolute Gasteiger partial charge is 0.382 e. The third kappa shape index (κ3) is 5.43. The number of H-pyrrole nitrogens is 1. The molecule has 0 aliphatic carbocycles. The molecule has 45 heavy (non-hydrogen) atoms. The van der Waals surface area contributed by atoms with Crippen molar-refractivity contribution in [1.29, 1.82) is 0 Å². The fraction of sp³-hybridized carbons (Fsp3) is 0.524. The van der Waals surface area contributed by atoms with Crippen molar-refractivity contribution in [1.82, 2.24) is 44.1 Å². The molecule has 242 valence electrons. The SMILES string of the molecule is COC1C2CO[P@](=O)(S)NC3C(CO[PH](=O)OC1C(n1cnc4c(=O)[nH]c(N)nc41)O2)OC(n1cnc2c(N)ncnc21)C3F. The average molecular weight is 690 g/mol. The van der Waals surface area contributed by atoms with E-state index in [1.165, 1.54) is 35.2 Å². The molecule has 3 saturated heterocycles. The highest BCUT2D eigenvalue weighted by atomic mass is 32.7. The minimum atomic E-state index is -4.08. The van der Waals surface area contributed by atoms with Gasteiger partial charge in [-0.3, -0.25) is 32.6 Å². The zero-order chi connectivity index (χ0) is 31.6. The predicted octanol–water partition coefficient (Wildman–Crippen LogP) is 0.0896. The maximum atomic E-state index is 16.1. The molecule has 6 N–H and O–H groups in total. The Hall–Kier alpha value is -3.04. The van der Waals surface area contributed by atoms with Crippen LogP contribution in [0.4, 0.5) is 16.2 Å². The molecular weight excluding hydrogens is 663 g/mol. The van der Waals surface area contributed by atoms with Gasteiger partial charge in [0.15, 0.2) is 41.3 Å². The first-order valence-electron chi connectivity index (χ1n) is 13.3. The van der Waals surface area contributed by atoms with Crippen LogP contribution in [0.15, 0.2) is 23.8 Å². The van der Waals surface area contributed by atoms with Crippen LogP contribution in [-0.4, -0.2) is 96.0 Å². The summed E-state index contributed by atoms with van der Waals surface area (Å²) in [4.78, 5) is 35.1. The second-order valence-electron chi connectivity index (χ2n) is 10.2. The minimum Gasteiger partial charge on any atom is -0.382 e. The first kappa shape index (κ1) is 30.6. The summed E-state index contributed by atoms with van der Waals surface area (Å²) in [6.45, 7) is -4.94. The van der Waals surface area contributed by atoms with Gasteiger partial charge in [0.1, 0.15) is 36.3 Å². The van der Waals surface area contributed by atoms with Gasteiger partial charge in [0.2, 0.25) is 5.95 Å². The third-order valence-corrected chi connectivity index (χ3v) is 10.3. The molecule has 0 amide bonds. The van der Waals surface area contributed by atoms with Crippen molar-refractivity contribution in [2.75, 3.05) is 31.8 Å². The van der Waals surface area contributed by atoms with E-state index in [-0.39, 0.29) is 34.1 Å². The zero-order valence-corrected chi connectivity index (χ0v) is 25.8. The molecule has 0 aromatic carbocycles. The van der Waals surface area contributed by atoms with E-state index in [2.05, 4.69) is 47.2 Å². The van der Waals surface area contributed by atoms with E-state index in [9.17, 15) is 13.9 Å². The van der Waals surface area contributed by atoms with Crippen LogP contribution >= 0.6 is 27.2 Å². The standard InChI is InChI=1S/C21H26FN11O9P2S/c1-37-13-8-3-39-44(36,45)31-10-7(40-19(9(10)22)32-5-27-11-15(23)25-4-26-16(11)32)2-38-43(35)42-14(13)20(41-8)33-6-28-12-17(33)29-21(24)30-18(12)34/h4-10,13-14,19-20,43H,2-3H2,1H3,(H2,23,25,26)(H2,31,36,45)(H3,24,29,30,34)/t7?,8?,9?,10?,13?,14?,19?,20?,44-/m0/s1. The van der Waals surface area contributed by atoms with Crippen molar-refractivity contribution < 1.29 is 41.3 Å². The van der Waals surface area contributed by atoms with Crippen LogP contribution in [0.2, 0.25) is 0 Å². The number of ether oxygens (including phenoxy) is 3. The van der Waals surface area contributed by atoms with Crippen LogP contribution in [0.1, 0.15) is 12.5 Å². The topological polar surface area (TPSA) is 261 Å². The summed E-state index contributed by atoms with van der Waals surface area (Å²) in [5.41, 5.74) is 11.5. The summed E-state index contributed by atoms with van der Waals surface area (Å²) in [7, 11) is -2.01. The van der Waals surface area contributed by atoms with Crippen LogP contribution in [0.3, 0.4) is 0 Å². The highest BCUT2D eigenvalue weighted by Crippen LogP contribution is 2.52. The number of aromatic amines is 1. The molecule has 0 spiro atoms. The van der Waals surface area contributed by atoms with E-state index in [0.717, 1.165) is 0 Å². The molecule has 9 unspecified atom stereocenters. The smallest absolute Gasteiger partial charge is 0.324 e. The molecule has 4 aromatic rings. The lowest BCUT2D eigenvalue weighted by Gasteiger charge is -2.25. The fourth-order valence-electron chi connectivity index (χ4n) is 5.60. The molecule has 7 heterocycles. The molecule has 3 aliphatic rings. The number of anilines is 2. The van der Waals surface area contributed by atoms with Gasteiger partial charge in [-0.05, 0) is 0 Å². The van der Waals surface area contributed by atoms with Gasteiger partial charge < -0.3 is 34.7 Å². The maximum Gasteiger partial charge on any atom is 0.324 e. The monoisotopic (exact) mass is 689 g/mol. The zero-order valence-electron chi connectivity index (χ0n) is 23.0. The van der Waals surface area contributed by atoms with Gasteiger partial charge in [-0.15, -0.1) is 0 Å². The fourth-order valence-corrected chi connectivity index (χ4v) is 8.15. The van der Waals surface area contributed by atoms with Crippen molar-refractivity contribution >= 4 is 61.3 Å². The van der Waals surface area contributed by atoms with Crippen LogP contribution in [0.5, 0.6) is 0 Å². The van der Waals surface area contributed by atoms with Crippen molar-refractivity contribution in [3.63, 3.8) is 0 Å². The van der Waals surface area contributed by atoms with Crippen LogP contribution in [-0.2, 0) is 36.9 Å². The molecule has 4 aromatic heterocycles. The van der Waals surface area contributed by atoms with Gasteiger partial charge in [0.25, 0.3) is 5.56 Å². The third-order valence-electron chi connectivity index (χ3n) is 7.60. The quantitative estimate of drug-likeness (QED) is 0.141. The van der Waals surface area contributed by atoms with Crippen molar-refractivity contribution in [3.8, 4) is 0 Å². The Balaban J connectivity index is 1.20. The van der Waals surface area contributed by atoms with Crippen LogP contribution in [0, 0.1) is 0 Å². The summed E-state index contributed by atoms with van der Waals surface area (Å²) in [6, 6.07) is -1.32. The van der Waals surface area contributed by atoms with Crippen LogP contribution in [0.25, 0.3) is 22.3 Å². The number of nitrogen functional groups attached to an aromatic ring is 2. The lowest BCUT2D eigenvalue weighted by atomic mass is 10.1. The van der Waals surface area contributed by atoms with Crippen molar-refractivity contribution in [2.45, 2.75) is 49.1 Å². The lowest BCUT2D eigenvalue weighted by Crippen LogP contribution is -2.42. The average Bonchev–Trinajstić information content (AvgIpc) is 3.75. The van der Waals surface area contributed by atoms with E-state index < -0.39 is 82.8 Å². The summed E-state index contributed by atoms with van der Waals surface area (Å²) < 4.78 is 80.2. The number of nitrogens with two attached hydrogens (primary N) is 2. The molecule has 7 rings (SSSR count). The van der Waals surface area contributed by atoms with Gasteiger partial charge in [-0.2, -0.15) is 4.98 Å². The summed E-state index contributed by atoms with van der Waals surface area (Å²) >= 11 is 4.17. The highest BCUT2D eigenvalue weighted by Gasteiger charge is 2.52. The lowest BCUT2D eigenvalue weighted by molar-refractivity contribution is -0.0498. The number of aromatic nitrogens is 8. The number of alkyl halides is 1. The number of thiol groups is 1. The number of hydrogen-bond acceptors (Lipinski definition) is 16. The molecule has 0 saturated carbocycles. The number of methoxy groups -OCH3 is 1. The number of fused-ring (bicyclic) bond motifs is 5. The van der Waals surface area contributed by atoms with E-state index in [1.807, 2.05) is 0 Å². The molecular formula is C21H26FN11O9P2S. The number of rotatable bonds is 3. The Kier molecular flexibility index (Phi) is 7.92. The van der Waals surface area contributed by atoms with E-state index in [0.29, 0.717) is 0 Å². The Morgan fingerprint density at radius 3 is 2.60 bits per heavy atom. The number of nitrogens with one attached hydrogen (secondary N) is 2. The van der Waals surface area contributed by atoms with Gasteiger partial charge >= 0.3 is 15.0 Å². The number of halogens is 1. The molecule has 3 fully saturated rings. The predicted molar refractivity (Wildman–Crippen MR) is 155 cm³/mol. The van der Waals surface area contributed by atoms with E-state index >= 15 is 4.39 Å². The number of nitrogens with zero attached hydrogens (tertiary/aromatic N) is 7. The maximum absolute atomic E-state index is 16.1. The molecule has 10 atom stereocenters. The van der Waals surface area contributed by atoms with Crippen LogP contribution < -0.4 is 22.1 Å². The summed E-state index contributed by atoms with van der Waals surface area (Å²) in [5, 5.41) is 2.60. The summed E-state index contributed by atoms with van der Waals surface area (Å²) in [6.07, 6.45) is -4.85. The normalized spacial score (nSPS) is 36.0. The molecule has 3 aliphatic heterocycles. The molecule has 24 heteroatoms. The minimum absolute atomic E-state index is 0.0397. The second-order valence-corrected chi connectivity index (χ2v) is 14.4. The number of imidazole rings is 2. The molecule has 0 radical (unpaired) electrons. The van der Waals surface area contributed by atoms with Gasteiger partial charge in [0.05, 0.1) is 31.9 Å². The van der Waals surface area contributed by atoms with Gasteiger partial charge in [-0.1, -0.05) is 12.2 Å². The Morgan fingerprint density at radius 1 is 1.09 bits per heavy atom. The Labute approximate surface area is 256 Å². The number of hydrogen-bond donors (Lipinski definition) is 5. The van der Waals surface area contributed by atoms with E-state index in [4.69, 9.17) is 39.2 Å². The second kappa shape index (κ2) is 11.6. The Morgan fingerprint density at radius 2 is 1.82 bits per heavy atom. The first-order valence-corrected chi connectivity index (χ1v) is 17.3. The molecule has 20 nitrogen and oxygen atoms in total. The summed E-state index contributed by atoms with van der Waals surface area (Å²) in [5.74, 6) is -0.0938. The van der Waals surface area contributed by atoms with Crippen molar-refractivity contribution in [2.24, 2.45) is 0 Å². The Bertz CT molecular complexity index is 1900. The van der Waals surface area contributed by atoms with Crippen molar-refractivity contribution in [3.05, 3.63) is 29.3 Å². The van der Waals surface area contributed by atoms with Gasteiger partial charge in [-0.25, -0.2) is 29.4 Å². The van der Waals surface area contributed by atoms with Gasteiger partial charge in [0, 0.05) is 7.11 Å².